The van der Waals surface area contributed by atoms with E-state index in [1.54, 1.807) is 18.3 Å². The number of nitrogens with one attached hydrogen (secondary N) is 1. The van der Waals surface area contributed by atoms with Crippen LogP contribution in [0.2, 0.25) is 0 Å². The van der Waals surface area contributed by atoms with Gasteiger partial charge >= 0.3 is 0 Å². The largest absolute Gasteiger partial charge is 0.349 e. The van der Waals surface area contributed by atoms with E-state index in [1.807, 2.05) is 30.5 Å². The molecule has 2 heterocycles. The number of thiazole rings is 1. The number of pyridine rings is 1. The summed E-state index contributed by atoms with van der Waals surface area (Å²) in [4.78, 5) is 21.0. The third kappa shape index (κ3) is 4.93. The lowest BCUT2D eigenvalue weighted by Crippen LogP contribution is -2.28. The molecule has 0 saturated carbocycles. The van der Waals surface area contributed by atoms with E-state index in [0.29, 0.717) is 6.42 Å². The van der Waals surface area contributed by atoms with Crippen LogP contribution in [0.3, 0.4) is 0 Å². The van der Waals surface area contributed by atoms with Crippen LogP contribution in [-0.2, 0) is 17.6 Å². The summed E-state index contributed by atoms with van der Waals surface area (Å²) in [5, 5.41) is 5.70. The van der Waals surface area contributed by atoms with Crippen molar-refractivity contribution >= 4 is 17.2 Å². The van der Waals surface area contributed by atoms with Gasteiger partial charge < -0.3 is 5.32 Å². The summed E-state index contributed by atoms with van der Waals surface area (Å²) in [6.45, 7) is 1.83. The Balaban J connectivity index is 1.56. The molecule has 0 aliphatic heterocycles. The van der Waals surface area contributed by atoms with Crippen molar-refractivity contribution in [3.63, 3.8) is 0 Å². The van der Waals surface area contributed by atoms with Gasteiger partial charge in [-0.15, -0.1) is 11.3 Å². The van der Waals surface area contributed by atoms with Crippen molar-refractivity contribution in [1.82, 2.24) is 15.3 Å². The van der Waals surface area contributed by atoms with E-state index in [9.17, 15) is 9.18 Å². The summed E-state index contributed by atoms with van der Waals surface area (Å²) in [5.74, 6) is -0.441. The van der Waals surface area contributed by atoms with Crippen LogP contribution in [0.4, 0.5) is 4.39 Å². The fraction of sp³-hybridized carbons (Fsp3) is 0.211. The molecule has 1 unspecified atom stereocenters. The summed E-state index contributed by atoms with van der Waals surface area (Å²) in [6, 6.07) is 11.8. The molecule has 25 heavy (non-hydrogen) atoms. The van der Waals surface area contributed by atoms with Crippen molar-refractivity contribution in [2.24, 2.45) is 0 Å². The zero-order valence-electron chi connectivity index (χ0n) is 13.8. The number of carbonyl (C=O) groups is 1. The molecule has 0 fully saturated rings. The lowest BCUT2D eigenvalue weighted by molar-refractivity contribution is -0.121. The van der Waals surface area contributed by atoms with Gasteiger partial charge in [-0.3, -0.25) is 9.78 Å². The molecular formula is C19H18FN3OS. The van der Waals surface area contributed by atoms with E-state index in [4.69, 9.17) is 0 Å². The molecule has 0 bridgehead atoms. The first kappa shape index (κ1) is 17.2. The van der Waals surface area contributed by atoms with Crippen LogP contribution in [0, 0.1) is 5.82 Å². The second-order valence-electron chi connectivity index (χ2n) is 5.75. The van der Waals surface area contributed by atoms with Gasteiger partial charge in [-0.05, 0) is 36.8 Å². The van der Waals surface area contributed by atoms with Gasteiger partial charge in [0.1, 0.15) is 5.82 Å². The van der Waals surface area contributed by atoms with Crippen LogP contribution in [0.1, 0.15) is 34.9 Å². The zero-order valence-corrected chi connectivity index (χ0v) is 14.6. The Morgan fingerprint density at radius 3 is 2.88 bits per heavy atom. The first-order chi connectivity index (χ1) is 12.1. The highest BCUT2D eigenvalue weighted by Gasteiger charge is 2.13. The Kier molecular flexibility index (Phi) is 5.50. The molecule has 4 nitrogen and oxygen atoms in total. The summed E-state index contributed by atoms with van der Waals surface area (Å²) in [5.41, 5.74) is 2.43. The maximum atomic E-state index is 13.3. The smallest absolute Gasteiger partial charge is 0.226 e. The summed E-state index contributed by atoms with van der Waals surface area (Å²) in [6.07, 6.45) is 2.62. The molecule has 1 atom stereocenters. The lowest BCUT2D eigenvalue weighted by Gasteiger charge is -2.14. The Morgan fingerprint density at radius 1 is 1.24 bits per heavy atom. The summed E-state index contributed by atoms with van der Waals surface area (Å²) >= 11 is 1.52. The van der Waals surface area contributed by atoms with Crippen molar-refractivity contribution in [1.29, 1.82) is 0 Å². The Bertz CT molecular complexity index is 851. The fourth-order valence-corrected chi connectivity index (χ4v) is 3.29. The van der Waals surface area contributed by atoms with E-state index in [-0.39, 0.29) is 24.2 Å². The van der Waals surface area contributed by atoms with Crippen LogP contribution in [0.15, 0.2) is 54.0 Å². The maximum Gasteiger partial charge on any atom is 0.226 e. The molecule has 1 N–H and O–H groups in total. The van der Waals surface area contributed by atoms with Gasteiger partial charge in [0.05, 0.1) is 23.2 Å². The number of hydrogen-bond acceptors (Lipinski definition) is 4. The number of benzene rings is 1. The van der Waals surface area contributed by atoms with Crippen LogP contribution in [0.5, 0.6) is 0 Å². The molecule has 6 heteroatoms. The Morgan fingerprint density at radius 2 is 2.12 bits per heavy atom. The molecule has 0 radical (unpaired) electrons. The van der Waals surface area contributed by atoms with Gasteiger partial charge in [0, 0.05) is 23.7 Å². The SMILES string of the molecule is CC(NC(=O)Cc1csc(Cc2ccccn2)n1)c1cccc(F)c1. The normalized spacial score (nSPS) is 11.9. The van der Waals surface area contributed by atoms with Crippen molar-refractivity contribution < 1.29 is 9.18 Å². The molecule has 0 aliphatic rings. The molecule has 2 aromatic heterocycles. The molecule has 3 aromatic rings. The average molecular weight is 355 g/mol. The standard InChI is InChI=1S/C19H18FN3OS/c1-13(14-5-4-6-15(20)9-14)22-18(24)10-17-12-25-19(23-17)11-16-7-2-3-8-21-16/h2-9,12-13H,10-11H2,1H3,(H,22,24). The number of halogens is 1. The third-order valence-corrected chi connectivity index (χ3v) is 4.62. The predicted octanol–water partition coefficient (Wildman–Crippen LogP) is 3.69. The number of aromatic nitrogens is 2. The van der Waals surface area contributed by atoms with Gasteiger partial charge in [0.2, 0.25) is 5.91 Å². The molecule has 1 amide bonds. The van der Waals surface area contributed by atoms with Gasteiger partial charge in [-0.2, -0.15) is 0 Å². The van der Waals surface area contributed by atoms with E-state index in [0.717, 1.165) is 22.0 Å². The first-order valence-electron chi connectivity index (χ1n) is 7.98. The predicted molar refractivity (Wildman–Crippen MR) is 95.8 cm³/mol. The third-order valence-electron chi connectivity index (χ3n) is 3.73. The van der Waals surface area contributed by atoms with Crippen LogP contribution >= 0.6 is 11.3 Å². The number of hydrogen-bond donors (Lipinski definition) is 1. The van der Waals surface area contributed by atoms with Crippen molar-refractivity contribution in [2.75, 3.05) is 0 Å². The molecule has 3 rings (SSSR count). The second kappa shape index (κ2) is 7.98. The number of amides is 1. The van der Waals surface area contributed by atoms with Crippen molar-refractivity contribution in [2.45, 2.75) is 25.8 Å². The van der Waals surface area contributed by atoms with E-state index in [2.05, 4.69) is 15.3 Å². The van der Waals surface area contributed by atoms with Gasteiger partial charge in [-0.25, -0.2) is 9.37 Å². The topological polar surface area (TPSA) is 54.9 Å². The Labute approximate surface area is 149 Å². The maximum absolute atomic E-state index is 13.3. The van der Waals surface area contributed by atoms with Crippen molar-refractivity contribution in [3.05, 3.63) is 81.8 Å². The highest BCUT2D eigenvalue weighted by Crippen LogP contribution is 2.16. The first-order valence-corrected chi connectivity index (χ1v) is 8.86. The Hall–Kier alpha value is -2.60. The second-order valence-corrected chi connectivity index (χ2v) is 6.69. The highest BCUT2D eigenvalue weighted by molar-refractivity contribution is 7.09. The molecule has 0 saturated heterocycles. The quantitative estimate of drug-likeness (QED) is 0.734. The minimum atomic E-state index is -0.308. The monoisotopic (exact) mass is 355 g/mol. The number of rotatable bonds is 6. The summed E-state index contributed by atoms with van der Waals surface area (Å²) < 4.78 is 13.3. The average Bonchev–Trinajstić information content (AvgIpc) is 3.02. The van der Waals surface area contributed by atoms with E-state index < -0.39 is 0 Å². The zero-order chi connectivity index (χ0) is 17.6. The minimum absolute atomic E-state index is 0.133. The highest BCUT2D eigenvalue weighted by atomic mass is 32.1. The molecule has 0 spiro atoms. The van der Waals surface area contributed by atoms with Gasteiger partial charge in [0.25, 0.3) is 0 Å². The van der Waals surface area contributed by atoms with Crippen LogP contribution < -0.4 is 5.32 Å². The van der Waals surface area contributed by atoms with Crippen molar-refractivity contribution in [3.8, 4) is 0 Å². The molecular weight excluding hydrogens is 337 g/mol. The van der Waals surface area contributed by atoms with Crippen LogP contribution in [-0.4, -0.2) is 15.9 Å². The van der Waals surface area contributed by atoms with Gasteiger partial charge in [-0.1, -0.05) is 18.2 Å². The molecule has 0 aliphatic carbocycles. The van der Waals surface area contributed by atoms with Crippen LogP contribution in [0.25, 0.3) is 0 Å². The molecule has 1 aromatic carbocycles. The lowest BCUT2D eigenvalue weighted by atomic mass is 10.1. The van der Waals surface area contributed by atoms with E-state index >= 15 is 0 Å². The van der Waals surface area contributed by atoms with Gasteiger partial charge in [0.15, 0.2) is 0 Å². The van der Waals surface area contributed by atoms with E-state index in [1.165, 1.54) is 23.5 Å². The number of nitrogens with zero attached hydrogens (tertiary/aromatic N) is 2. The number of carbonyl (C=O) groups excluding carboxylic acids is 1. The minimum Gasteiger partial charge on any atom is -0.349 e. The fourth-order valence-electron chi connectivity index (χ4n) is 2.49. The summed E-state index contributed by atoms with van der Waals surface area (Å²) in [7, 11) is 0. The molecule has 128 valence electrons.